The van der Waals surface area contributed by atoms with Crippen LogP contribution in [0.4, 0.5) is 5.69 Å². The average Bonchev–Trinajstić information content (AvgIpc) is 3.12. The van der Waals surface area contributed by atoms with Gasteiger partial charge in [0.15, 0.2) is 0 Å². The van der Waals surface area contributed by atoms with Crippen molar-refractivity contribution in [2.24, 2.45) is 4.99 Å². The number of hydrogen-bond acceptors (Lipinski definition) is 5. The molecule has 0 saturated carbocycles. The van der Waals surface area contributed by atoms with E-state index < -0.39 is 0 Å². The summed E-state index contributed by atoms with van der Waals surface area (Å²) < 4.78 is 3.50. The topological polar surface area (TPSA) is 40.2 Å². The molecule has 0 saturated heterocycles. The predicted molar refractivity (Wildman–Crippen MR) is 115 cm³/mol. The van der Waals surface area contributed by atoms with Crippen LogP contribution in [0.2, 0.25) is 0 Å². The van der Waals surface area contributed by atoms with Gasteiger partial charge in [0.2, 0.25) is 0 Å². The Kier molecular flexibility index (Phi) is 5.29. The van der Waals surface area contributed by atoms with Gasteiger partial charge >= 0.3 is 0 Å². The lowest BCUT2D eigenvalue weighted by Gasteiger charge is -2.10. The number of rotatable bonds is 5. The summed E-state index contributed by atoms with van der Waals surface area (Å²) in [7, 11) is 0. The first kappa shape index (κ1) is 16.9. The molecule has 1 aromatic heterocycles. The average molecular weight is 386 g/mol. The fraction of sp³-hybridized carbons (Fsp3) is 0.211. The van der Waals surface area contributed by atoms with Gasteiger partial charge in [-0.15, -0.1) is 11.8 Å². The van der Waals surface area contributed by atoms with Crippen LogP contribution < -0.4 is 4.72 Å². The van der Waals surface area contributed by atoms with Crippen LogP contribution >= 0.6 is 35.5 Å². The van der Waals surface area contributed by atoms with Gasteiger partial charge in [0.25, 0.3) is 0 Å². The molecule has 2 heterocycles. The fourth-order valence-electron chi connectivity index (χ4n) is 2.80. The summed E-state index contributed by atoms with van der Waals surface area (Å²) in [4.78, 5) is 10.7. The lowest BCUT2D eigenvalue weighted by molar-refractivity contribution is 1.12. The number of aliphatic imine (C=N–C) groups is 1. The van der Waals surface area contributed by atoms with E-state index in [1.54, 1.807) is 23.7 Å². The SMILES string of the molecule is CSc1cccc(SNc2cccc3cc(C4=NCCSC4)[nH]c23)c1. The van der Waals surface area contributed by atoms with Crippen molar-refractivity contribution in [3.8, 4) is 0 Å². The number of aromatic nitrogens is 1. The highest BCUT2D eigenvalue weighted by molar-refractivity contribution is 8.01. The molecule has 0 spiro atoms. The molecule has 0 atom stereocenters. The summed E-state index contributed by atoms with van der Waals surface area (Å²) in [5, 5.41) is 1.22. The zero-order chi connectivity index (χ0) is 17.1. The normalized spacial score (nSPS) is 14.5. The summed E-state index contributed by atoms with van der Waals surface area (Å²) >= 11 is 5.36. The zero-order valence-corrected chi connectivity index (χ0v) is 16.4. The summed E-state index contributed by atoms with van der Waals surface area (Å²) in [5.41, 5.74) is 4.57. The summed E-state index contributed by atoms with van der Waals surface area (Å²) in [6.07, 6.45) is 2.10. The van der Waals surface area contributed by atoms with Gasteiger partial charge in [0.05, 0.1) is 22.6 Å². The van der Waals surface area contributed by atoms with E-state index in [1.165, 1.54) is 20.9 Å². The first-order valence-corrected chi connectivity index (χ1v) is 11.3. The van der Waals surface area contributed by atoms with Crippen molar-refractivity contribution in [2.75, 3.05) is 29.0 Å². The molecule has 0 unspecified atom stereocenters. The molecule has 2 aromatic carbocycles. The molecule has 3 aromatic rings. The zero-order valence-electron chi connectivity index (χ0n) is 13.9. The molecule has 0 bridgehead atoms. The van der Waals surface area contributed by atoms with Gasteiger partial charge in [0.1, 0.15) is 0 Å². The van der Waals surface area contributed by atoms with Crippen molar-refractivity contribution >= 4 is 57.8 Å². The molecule has 1 aliphatic rings. The third kappa shape index (κ3) is 3.86. The number of anilines is 1. The van der Waals surface area contributed by atoms with Gasteiger partial charge < -0.3 is 9.71 Å². The van der Waals surface area contributed by atoms with Gasteiger partial charge in [0, 0.05) is 33.2 Å². The predicted octanol–water partition coefficient (Wildman–Crippen LogP) is 5.54. The van der Waals surface area contributed by atoms with Crippen molar-refractivity contribution in [1.82, 2.24) is 4.98 Å². The minimum Gasteiger partial charge on any atom is -0.352 e. The highest BCUT2D eigenvalue weighted by Crippen LogP contribution is 2.30. The largest absolute Gasteiger partial charge is 0.352 e. The second-order valence-electron chi connectivity index (χ2n) is 5.72. The number of para-hydroxylation sites is 1. The molecule has 0 fully saturated rings. The summed E-state index contributed by atoms with van der Waals surface area (Å²) in [6, 6.07) is 17.1. The highest BCUT2D eigenvalue weighted by atomic mass is 32.2. The monoisotopic (exact) mass is 385 g/mol. The molecule has 4 rings (SSSR count). The lowest BCUT2D eigenvalue weighted by atomic mass is 10.2. The quantitative estimate of drug-likeness (QED) is 0.446. The van der Waals surface area contributed by atoms with Crippen molar-refractivity contribution in [3.05, 3.63) is 54.2 Å². The van der Waals surface area contributed by atoms with E-state index in [9.17, 15) is 0 Å². The first-order valence-electron chi connectivity index (χ1n) is 8.13. The second-order valence-corrected chi connectivity index (χ2v) is 8.58. The maximum Gasteiger partial charge on any atom is 0.0703 e. The molecule has 1 aliphatic heterocycles. The number of thioether (sulfide) groups is 2. The van der Waals surface area contributed by atoms with Crippen LogP contribution in [0.5, 0.6) is 0 Å². The van der Waals surface area contributed by atoms with Gasteiger partial charge in [-0.2, -0.15) is 11.8 Å². The van der Waals surface area contributed by atoms with Crippen LogP contribution in [0.15, 0.2) is 63.3 Å². The number of H-pyrrole nitrogens is 1. The number of hydrogen-bond donors (Lipinski definition) is 2. The Bertz CT molecular complexity index is 917. The van der Waals surface area contributed by atoms with Gasteiger partial charge in [-0.3, -0.25) is 4.99 Å². The molecule has 0 aliphatic carbocycles. The number of nitrogens with one attached hydrogen (secondary N) is 2. The van der Waals surface area contributed by atoms with Crippen LogP contribution in [0.1, 0.15) is 5.69 Å². The van der Waals surface area contributed by atoms with Crippen molar-refractivity contribution < 1.29 is 0 Å². The standard InChI is InChI=1S/C19H19N3S3/c1-23-14-5-3-6-15(11-14)25-22-16-7-2-4-13-10-17(21-19(13)16)18-12-24-9-8-20-18/h2-7,10-11,21-22H,8-9,12H2,1H3. The molecule has 25 heavy (non-hydrogen) atoms. The highest BCUT2D eigenvalue weighted by Gasteiger charge is 2.12. The maximum atomic E-state index is 4.67. The third-order valence-electron chi connectivity index (χ3n) is 4.06. The second kappa shape index (κ2) is 7.81. The van der Waals surface area contributed by atoms with Gasteiger partial charge in [-0.05, 0) is 48.5 Å². The van der Waals surface area contributed by atoms with E-state index in [-0.39, 0.29) is 0 Å². The lowest BCUT2D eigenvalue weighted by Crippen LogP contribution is -2.12. The molecule has 3 nitrogen and oxygen atoms in total. The van der Waals surface area contributed by atoms with E-state index in [1.807, 2.05) is 11.8 Å². The van der Waals surface area contributed by atoms with E-state index in [4.69, 9.17) is 0 Å². The number of benzene rings is 2. The van der Waals surface area contributed by atoms with Crippen LogP contribution in [0.25, 0.3) is 10.9 Å². The Morgan fingerprint density at radius 1 is 1.12 bits per heavy atom. The Morgan fingerprint density at radius 3 is 2.84 bits per heavy atom. The summed E-state index contributed by atoms with van der Waals surface area (Å²) in [5.74, 6) is 2.12. The Morgan fingerprint density at radius 2 is 2.00 bits per heavy atom. The molecular weight excluding hydrogens is 366 g/mol. The Hall–Kier alpha value is -1.50. The number of nitrogens with zero attached hydrogens (tertiary/aromatic N) is 1. The smallest absolute Gasteiger partial charge is 0.0703 e. The minimum atomic E-state index is 0.919. The van der Waals surface area contributed by atoms with Gasteiger partial charge in [-0.25, -0.2) is 0 Å². The van der Waals surface area contributed by atoms with Crippen LogP contribution in [-0.4, -0.2) is 35.0 Å². The van der Waals surface area contributed by atoms with Gasteiger partial charge in [-0.1, -0.05) is 18.2 Å². The molecule has 0 radical (unpaired) electrons. The van der Waals surface area contributed by atoms with E-state index in [2.05, 4.69) is 69.5 Å². The molecule has 6 heteroatoms. The van der Waals surface area contributed by atoms with Crippen LogP contribution in [-0.2, 0) is 0 Å². The minimum absolute atomic E-state index is 0.919. The number of aromatic amines is 1. The molecular formula is C19H19N3S3. The third-order valence-corrected chi connectivity index (χ3v) is 6.55. The molecule has 128 valence electrons. The van der Waals surface area contributed by atoms with Crippen molar-refractivity contribution in [2.45, 2.75) is 9.79 Å². The van der Waals surface area contributed by atoms with Crippen molar-refractivity contribution in [1.29, 1.82) is 0 Å². The van der Waals surface area contributed by atoms with Crippen molar-refractivity contribution in [3.63, 3.8) is 0 Å². The fourth-order valence-corrected chi connectivity index (χ4v) is 4.87. The maximum absolute atomic E-state index is 4.67. The summed E-state index contributed by atoms with van der Waals surface area (Å²) in [6.45, 7) is 0.919. The Balaban J connectivity index is 1.58. The molecule has 0 amide bonds. The Labute approximate surface area is 160 Å². The van der Waals surface area contributed by atoms with E-state index >= 15 is 0 Å². The van der Waals surface area contributed by atoms with Crippen LogP contribution in [0, 0.1) is 0 Å². The van der Waals surface area contributed by atoms with Crippen LogP contribution in [0.3, 0.4) is 0 Å². The number of fused-ring (bicyclic) bond motifs is 1. The van der Waals surface area contributed by atoms with E-state index in [0.717, 1.165) is 34.9 Å². The molecule has 2 N–H and O–H groups in total. The van der Waals surface area contributed by atoms with E-state index in [0.29, 0.717) is 0 Å². The first-order chi connectivity index (χ1) is 12.3.